The summed E-state index contributed by atoms with van der Waals surface area (Å²) in [6.07, 6.45) is 3.55. The molecule has 0 spiro atoms. The van der Waals surface area contributed by atoms with Crippen LogP contribution in [-0.4, -0.2) is 29.8 Å². The first-order valence-electron chi connectivity index (χ1n) is 8.00. The number of benzene rings is 1. The molecule has 0 aliphatic rings. The summed E-state index contributed by atoms with van der Waals surface area (Å²) < 4.78 is 13.7. The number of ketones is 1. The van der Waals surface area contributed by atoms with Gasteiger partial charge in [-0.25, -0.2) is 4.39 Å². The predicted molar refractivity (Wildman–Crippen MR) is 86.1 cm³/mol. The lowest BCUT2D eigenvalue weighted by atomic mass is 9.97. The van der Waals surface area contributed by atoms with Gasteiger partial charge in [-0.3, -0.25) is 4.79 Å². The lowest BCUT2D eigenvalue weighted by Crippen LogP contribution is -2.37. The Morgan fingerprint density at radius 1 is 1.19 bits per heavy atom. The van der Waals surface area contributed by atoms with Crippen molar-refractivity contribution in [3.8, 4) is 0 Å². The van der Waals surface area contributed by atoms with Gasteiger partial charge in [0.1, 0.15) is 5.82 Å². The van der Waals surface area contributed by atoms with Gasteiger partial charge in [-0.05, 0) is 38.9 Å². The first-order chi connectivity index (χ1) is 9.97. The number of hydrogen-bond donors (Lipinski definition) is 0. The zero-order valence-corrected chi connectivity index (χ0v) is 13.7. The third-order valence-electron chi connectivity index (χ3n) is 3.87. The maximum Gasteiger partial charge on any atom is 0.169 e. The highest BCUT2D eigenvalue weighted by Gasteiger charge is 2.22. The van der Waals surface area contributed by atoms with Crippen LogP contribution in [0.1, 0.15) is 57.3 Å². The monoisotopic (exact) mass is 293 g/mol. The minimum absolute atomic E-state index is 0.103. The minimum Gasteiger partial charge on any atom is -0.300 e. The minimum atomic E-state index is -0.420. The molecule has 0 aliphatic carbocycles. The van der Waals surface area contributed by atoms with Gasteiger partial charge in [0.25, 0.3) is 0 Å². The zero-order valence-electron chi connectivity index (χ0n) is 13.7. The van der Waals surface area contributed by atoms with E-state index in [0.717, 1.165) is 13.0 Å². The normalized spacial score (nSPS) is 12.9. The van der Waals surface area contributed by atoms with E-state index in [1.807, 2.05) is 6.92 Å². The average Bonchev–Trinajstić information content (AvgIpc) is 2.45. The van der Waals surface area contributed by atoms with Gasteiger partial charge in [0.2, 0.25) is 0 Å². The van der Waals surface area contributed by atoms with Crippen molar-refractivity contribution in [3.05, 3.63) is 35.6 Å². The van der Waals surface area contributed by atoms with E-state index < -0.39 is 5.82 Å². The molecule has 0 saturated carbocycles. The van der Waals surface area contributed by atoms with Crippen LogP contribution in [0.2, 0.25) is 0 Å². The van der Waals surface area contributed by atoms with Gasteiger partial charge in [0.05, 0.1) is 5.56 Å². The number of halogens is 1. The van der Waals surface area contributed by atoms with Crippen LogP contribution in [0, 0.1) is 11.7 Å². The molecule has 21 heavy (non-hydrogen) atoms. The van der Waals surface area contributed by atoms with Crippen LogP contribution in [0.4, 0.5) is 4.39 Å². The molecule has 0 saturated heterocycles. The second-order valence-electron chi connectivity index (χ2n) is 6.04. The summed E-state index contributed by atoms with van der Waals surface area (Å²) in [6, 6.07) is 6.65. The molecular weight excluding hydrogens is 265 g/mol. The van der Waals surface area contributed by atoms with Crippen LogP contribution < -0.4 is 0 Å². The predicted octanol–water partition coefficient (Wildman–Crippen LogP) is 4.55. The summed E-state index contributed by atoms with van der Waals surface area (Å²) in [5.74, 6) is -0.711. The van der Waals surface area contributed by atoms with Gasteiger partial charge in [0.15, 0.2) is 5.78 Å². The fourth-order valence-electron chi connectivity index (χ4n) is 2.49. The fraction of sp³-hybridized carbons (Fsp3) is 0.611. The molecule has 0 fully saturated rings. The summed E-state index contributed by atoms with van der Waals surface area (Å²) in [4.78, 5) is 14.7. The van der Waals surface area contributed by atoms with E-state index >= 15 is 0 Å². The Morgan fingerprint density at radius 3 is 2.43 bits per heavy atom. The number of rotatable bonds is 9. The second-order valence-corrected chi connectivity index (χ2v) is 6.04. The summed E-state index contributed by atoms with van der Waals surface area (Å²) in [6.45, 7) is 10.1. The fourth-order valence-corrected chi connectivity index (χ4v) is 2.49. The first-order valence-corrected chi connectivity index (χ1v) is 8.00. The molecule has 1 atom stereocenters. The standard InChI is InChI=1S/C18H28FNO/c1-5-6-9-12-20(14(2)3)13-15(4)18(21)16-10-7-8-11-17(16)19/h7-8,10-11,14-15H,5-6,9,12-13H2,1-4H3. The van der Waals surface area contributed by atoms with E-state index in [1.165, 1.54) is 18.9 Å². The molecule has 0 aliphatic heterocycles. The van der Waals surface area contributed by atoms with Crippen molar-refractivity contribution in [3.63, 3.8) is 0 Å². The lowest BCUT2D eigenvalue weighted by Gasteiger charge is -2.29. The van der Waals surface area contributed by atoms with Crippen LogP contribution in [0.25, 0.3) is 0 Å². The maximum absolute atomic E-state index is 13.7. The SMILES string of the molecule is CCCCCN(CC(C)C(=O)c1ccccc1F)C(C)C. The Balaban J connectivity index is 2.66. The Hall–Kier alpha value is -1.22. The summed E-state index contributed by atoms with van der Waals surface area (Å²) in [5, 5.41) is 0. The van der Waals surface area contributed by atoms with Crippen molar-refractivity contribution < 1.29 is 9.18 Å². The van der Waals surface area contributed by atoms with Crippen molar-refractivity contribution in [1.82, 2.24) is 4.90 Å². The highest BCUT2D eigenvalue weighted by atomic mass is 19.1. The van der Waals surface area contributed by atoms with E-state index in [4.69, 9.17) is 0 Å². The molecule has 0 aromatic heterocycles. The highest BCUT2D eigenvalue weighted by molar-refractivity contribution is 5.98. The molecule has 118 valence electrons. The topological polar surface area (TPSA) is 20.3 Å². The molecule has 1 aromatic carbocycles. The van der Waals surface area contributed by atoms with Gasteiger partial charge in [-0.1, -0.05) is 38.8 Å². The van der Waals surface area contributed by atoms with Crippen molar-refractivity contribution in [1.29, 1.82) is 0 Å². The largest absolute Gasteiger partial charge is 0.300 e. The number of Topliss-reactive ketones (excluding diaryl/α,β-unsaturated/α-hetero) is 1. The summed E-state index contributed by atoms with van der Waals surface area (Å²) in [5.41, 5.74) is 0.210. The van der Waals surface area contributed by atoms with E-state index in [2.05, 4.69) is 25.7 Å². The van der Waals surface area contributed by atoms with Gasteiger partial charge < -0.3 is 4.90 Å². The van der Waals surface area contributed by atoms with Crippen LogP contribution in [-0.2, 0) is 0 Å². The van der Waals surface area contributed by atoms with Gasteiger partial charge >= 0.3 is 0 Å². The number of nitrogens with zero attached hydrogens (tertiary/aromatic N) is 1. The van der Waals surface area contributed by atoms with Crippen molar-refractivity contribution in [2.45, 2.75) is 53.0 Å². The number of carbonyl (C=O) groups excluding carboxylic acids is 1. The molecule has 0 heterocycles. The maximum atomic E-state index is 13.7. The molecule has 2 nitrogen and oxygen atoms in total. The highest BCUT2D eigenvalue weighted by Crippen LogP contribution is 2.15. The van der Waals surface area contributed by atoms with E-state index in [0.29, 0.717) is 12.6 Å². The smallest absolute Gasteiger partial charge is 0.169 e. The molecule has 0 radical (unpaired) electrons. The molecule has 0 amide bonds. The molecule has 0 bridgehead atoms. The summed E-state index contributed by atoms with van der Waals surface area (Å²) >= 11 is 0. The Bertz CT molecular complexity index is 445. The van der Waals surface area contributed by atoms with E-state index in [1.54, 1.807) is 18.2 Å². The van der Waals surface area contributed by atoms with E-state index in [9.17, 15) is 9.18 Å². The average molecular weight is 293 g/mol. The third-order valence-corrected chi connectivity index (χ3v) is 3.87. The quantitative estimate of drug-likeness (QED) is 0.492. The third kappa shape index (κ3) is 5.58. The van der Waals surface area contributed by atoms with E-state index in [-0.39, 0.29) is 17.3 Å². The van der Waals surface area contributed by atoms with Gasteiger partial charge in [-0.2, -0.15) is 0 Å². The van der Waals surface area contributed by atoms with Crippen LogP contribution in [0.5, 0.6) is 0 Å². The van der Waals surface area contributed by atoms with Crippen LogP contribution in [0.3, 0.4) is 0 Å². The van der Waals surface area contributed by atoms with Gasteiger partial charge in [0, 0.05) is 18.5 Å². The Labute approximate surface area is 128 Å². The number of unbranched alkanes of at least 4 members (excludes halogenated alkanes) is 2. The van der Waals surface area contributed by atoms with Crippen molar-refractivity contribution >= 4 is 5.78 Å². The van der Waals surface area contributed by atoms with Crippen LogP contribution in [0.15, 0.2) is 24.3 Å². The summed E-state index contributed by atoms with van der Waals surface area (Å²) in [7, 11) is 0. The number of hydrogen-bond acceptors (Lipinski definition) is 2. The Morgan fingerprint density at radius 2 is 1.86 bits per heavy atom. The molecule has 1 unspecified atom stereocenters. The molecule has 1 aromatic rings. The van der Waals surface area contributed by atoms with Crippen molar-refractivity contribution in [2.24, 2.45) is 5.92 Å². The van der Waals surface area contributed by atoms with Crippen molar-refractivity contribution in [2.75, 3.05) is 13.1 Å². The second kappa shape index (κ2) is 8.93. The molecule has 3 heteroatoms. The first kappa shape index (κ1) is 17.8. The molecule has 1 rings (SSSR count). The van der Waals surface area contributed by atoms with Gasteiger partial charge in [-0.15, -0.1) is 0 Å². The lowest BCUT2D eigenvalue weighted by molar-refractivity contribution is 0.0872. The molecule has 0 N–H and O–H groups in total. The Kier molecular flexibility index (Phi) is 7.58. The molecular formula is C18H28FNO. The van der Waals surface area contributed by atoms with Crippen LogP contribution >= 0.6 is 0 Å². The number of carbonyl (C=O) groups is 1. The zero-order chi connectivity index (χ0) is 15.8.